The van der Waals surface area contributed by atoms with Crippen LogP contribution in [0, 0.1) is 0 Å². The molecule has 11 aromatic rings. The molecule has 11 rings (SSSR count). The molecule has 0 spiro atoms. The van der Waals surface area contributed by atoms with Crippen molar-refractivity contribution in [2.45, 2.75) is 0 Å². The van der Waals surface area contributed by atoms with Crippen molar-refractivity contribution in [3.63, 3.8) is 0 Å². The summed E-state index contributed by atoms with van der Waals surface area (Å²) in [7, 11) is 0. The van der Waals surface area contributed by atoms with Crippen molar-refractivity contribution in [2.24, 2.45) is 0 Å². The lowest BCUT2D eigenvalue weighted by Gasteiger charge is -2.14. The summed E-state index contributed by atoms with van der Waals surface area (Å²) >= 11 is 1.85. The van der Waals surface area contributed by atoms with Gasteiger partial charge in [-0.2, -0.15) is 0 Å². The van der Waals surface area contributed by atoms with Crippen LogP contribution < -0.4 is 0 Å². The van der Waals surface area contributed by atoms with Crippen molar-refractivity contribution in [1.29, 1.82) is 0 Å². The van der Waals surface area contributed by atoms with Crippen molar-refractivity contribution >= 4 is 74.9 Å². The van der Waals surface area contributed by atoms with Crippen LogP contribution in [-0.4, -0.2) is 19.5 Å². The molecular weight excluding hydrogens is 653 g/mol. The zero-order valence-electron chi connectivity index (χ0n) is 27.9. The number of fused-ring (bicyclic) bond motifs is 10. The lowest BCUT2D eigenvalue weighted by atomic mass is 10.0. The topological polar surface area (TPSA) is 43.6 Å². The SMILES string of the molecule is c1ccc(-c2nc(-c3ccccc3)nc(-c3ccc4c(-n5c6ccccc6c6c7ccccc7ccc65)cc5c6ccccc6sc5c4c3)n2)cc1. The Kier molecular flexibility index (Phi) is 6.39. The molecule has 0 N–H and O–H groups in total. The second-order valence-corrected chi connectivity index (χ2v) is 14.3. The number of nitrogens with zero attached hydrogens (tertiary/aromatic N) is 4. The summed E-state index contributed by atoms with van der Waals surface area (Å²) in [6.07, 6.45) is 0. The lowest BCUT2D eigenvalue weighted by Crippen LogP contribution is -2.00. The third-order valence-corrected chi connectivity index (χ3v) is 11.4. The van der Waals surface area contributed by atoms with Crippen molar-refractivity contribution in [3.05, 3.63) is 170 Å². The molecule has 0 radical (unpaired) electrons. The molecular formula is C47H28N4S. The van der Waals surface area contributed by atoms with Crippen LogP contribution >= 0.6 is 11.3 Å². The first-order valence-electron chi connectivity index (χ1n) is 17.5. The summed E-state index contributed by atoms with van der Waals surface area (Å²) in [5, 5.41) is 9.91. The molecule has 52 heavy (non-hydrogen) atoms. The number of aromatic nitrogens is 4. The van der Waals surface area contributed by atoms with Crippen molar-refractivity contribution in [2.75, 3.05) is 0 Å². The van der Waals surface area contributed by atoms with Crippen LogP contribution in [0.4, 0.5) is 0 Å². The van der Waals surface area contributed by atoms with Gasteiger partial charge < -0.3 is 4.57 Å². The first-order chi connectivity index (χ1) is 25.8. The number of para-hydroxylation sites is 1. The summed E-state index contributed by atoms with van der Waals surface area (Å²) in [4.78, 5) is 15.1. The molecule has 0 saturated heterocycles. The Morgan fingerprint density at radius 2 is 0.981 bits per heavy atom. The van der Waals surface area contributed by atoms with E-state index in [0.29, 0.717) is 17.5 Å². The van der Waals surface area contributed by atoms with E-state index in [9.17, 15) is 0 Å². The highest BCUT2D eigenvalue weighted by Gasteiger charge is 2.20. The molecule has 8 aromatic carbocycles. The zero-order chi connectivity index (χ0) is 34.2. The second-order valence-electron chi connectivity index (χ2n) is 13.2. The lowest BCUT2D eigenvalue weighted by molar-refractivity contribution is 1.07. The van der Waals surface area contributed by atoms with Gasteiger partial charge in [0, 0.05) is 58.4 Å². The molecule has 0 saturated carbocycles. The molecule has 0 fully saturated rings. The predicted molar refractivity (Wildman–Crippen MR) is 218 cm³/mol. The van der Waals surface area contributed by atoms with E-state index in [1.807, 2.05) is 47.7 Å². The molecule has 0 aliphatic carbocycles. The van der Waals surface area contributed by atoms with E-state index in [1.54, 1.807) is 0 Å². The third-order valence-electron chi connectivity index (χ3n) is 10.2. The molecule has 3 aromatic heterocycles. The second kappa shape index (κ2) is 11.4. The Balaban J connectivity index is 1.23. The fourth-order valence-corrected chi connectivity index (χ4v) is 9.05. The molecule has 0 atom stereocenters. The van der Waals surface area contributed by atoms with Crippen LogP contribution in [0.25, 0.3) is 103 Å². The maximum atomic E-state index is 5.09. The summed E-state index contributed by atoms with van der Waals surface area (Å²) < 4.78 is 5.00. The normalized spacial score (nSPS) is 11.8. The Morgan fingerprint density at radius 3 is 1.73 bits per heavy atom. The van der Waals surface area contributed by atoms with Crippen LogP contribution in [0.1, 0.15) is 0 Å². The van der Waals surface area contributed by atoms with Gasteiger partial charge in [-0.15, -0.1) is 11.3 Å². The molecule has 0 aliphatic heterocycles. The van der Waals surface area contributed by atoms with Crippen molar-refractivity contribution in [3.8, 4) is 39.9 Å². The molecule has 0 unspecified atom stereocenters. The van der Waals surface area contributed by atoms with Crippen LogP contribution in [0.3, 0.4) is 0 Å². The van der Waals surface area contributed by atoms with Gasteiger partial charge in [0.2, 0.25) is 0 Å². The average molecular weight is 681 g/mol. The minimum absolute atomic E-state index is 0.651. The molecule has 242 valence electrons. The van der Waals surface area contributed by atoms with Gasteiger partial charge in [0.25, 0.3) is 0 Å². The molecule has 0 aliphatic rings. The molecule has 0 amide bonds. The van der Waals surface area contributed by atoms with Crippen LogP contribution in [0.15, 0.2) is 170 Å². The van der Waals surface area contributed by atoms with Gasteiger partial charge in [-0.05, 0) is 41.1 Å². The Bertz CT molecular complexity index is 3120. The quantitative estimate of drug-likeness (QED) is 0.186. The van der Waals surface area contributed by atoms with Gasteiger partial charge >= 0.3 is 0 Å². The van der Waals surface area contributed by atoms with E-state index in [4.69, 9.17) is 15.0 Å². The van der Waals surface area contributed by atoms with Gasteiger partial charge in [-0.25, -0.2) is 15.0 Å². The standard InChI is InChI=1S/C47H28N4S/c1-3-14-30(15-4-1)45-48-46(31-16-5-2-6-17-31)50-47(49-45)32-23-25-34-37(27-32)44-38(35-19-10-12-22-42(35)52-44)28-41(34)51-39-21-11-9-20-36(39)43-33-18-8-7-13-29(33)24-26-40(43)51/h1-28H. The largest absolute Gasteiger partial charge is 0.309 e. The minimum atomic E-state index is 0.651. The van der Waals surface area contributed by atoms with Gasteiger partial charge in [-0.1, -0.05) is 140 Å². The minimum Gasteiger partial charge on any atom is -0.309 e. The number of thiophene rings is 1. The maximum Gasteiger partial charge on any atom is 0.164 e. The van der Waals surface area contributed by atoms with E-state index in [1.165, 1.54) is 63.5 Å². The smallest absolute Gasteiger partial charge is 0.164 e. The van der Waals surface area contributed by atoms with Crippen molar-refractivity contribution < 1.29 is 0 Å². The van der Waals surface area contributed by atoms with E-state index in [-0.39, 0.29) is 0 Å². The number of hydrogen-bond donors (Lipinski definition) is 0. The van der Waals surface area contributed by atoms with Crippen molar-refractivity contribution in [1.82, 2.24) is 19.5 Å². The number of benzene rings is 8. The zero-order valence-corrected chi connectivity index (χ0v) is 28.7. The van der Waals surface area contributed by atoms with E-state index in [2.05, 4.69) is 138 Å². The number of rotatable bonds is 4. The van der Waals surface area contributed by atoms with Crippen LogP contribution in [0.2, 0.25) is 0 Å². The first-order valence-corrected chi connectivity index (χ1v) is 18.3. The highest BCUT2D eigenvalue weighted by atomic mass is 32.1. The Hall–Kier alpha value is -6.69. The number of hydrogen-bond acceptors (Lipinski definition) is 4. The molecule has 4 nitrogen and oxygen atoms in total. The van der Waals surface area contributed by atoms with E-state index in [0.717, 1.165) is 22.4 Å². The van der Waals surface area contributed by atoms with E-state index < -0.39 is 0 Å². The fraction of sp³-hybridized carbons (Fsp3) is 0. The summed E-state index contributed by atoms with van der Waals surface area (Å²) in [6.45, 7) is 0. The monoisotopic (exact) mass is 680 g/mol. The van der Waals surface area contributed by atoms with Crippen LogP contribution in [-0.2, 0) is 0 Å². The molecule has 3 heterocycles. The third kappa shape index (κ3) is 4.43. The Labute approximate surface area is 302 Å². The molecule has 0 bridgehead atoms. The van der Waals surface area contributed by atoms with Gasteiger partial charge in [0.1, 0.15) is 0 Å². The first kappa shape index (κ1) is 29.1. The van der Waals surface area contributed by atoms with Gasteiger partial charge in [0.15, 0.2) is 17.5 Å². The predicted octanol–water partition coefficient (Wildman–Crippen LogP) is 12.6. The summed E-state index contributed by atoms with van der Waals surface area (Å²) in [5.41, 5.74) is 6.41. The van der Waals surface area contributed by atoms with E-state index >= 15 is 0 Å². The molecule has 5 heteroatoms. The Morgan fingerprint density at radius 1 is 0.385 bits per heavy atom. The fourth-order valence-electron chi connectivity index (χ4n) is 7.84. The van der Waals surface area contributed by atoms with Gasteiger partial charge in [0.05, 0.1) is 16.7 Å². The summed E-state index contributed by atoms with van der Waals surface area (Å²) in [6, 6.07) is 60.3. The average Bonchev–Trinajstić information content (AvgIpc) is 3.77. The maximum absolute atomic E-state index is 5.09. The van der Waals surface area contributed by atoms with Gasteiger partial charge in [-0.3, -0.25) is 0 Å². The highest BCUT2D eigenvalue weighted by molar-refractivity contribution is 7.26. The highest BCUT2D eigenvalue weighted by Crippen LogP contribution is 2.45. The summed E-state index contributed by atoms with van der Waals surface area (Å²) in [5.74, 6) is 1.96. The van der Waals surface area contributed by atoms with Crippen LogP contribution in [0.5, 0.6) is 0 Å².